The van der Waals surface area contributed by atoms with Crippen LogP contribution >= 0.6 is 0 Å². The summed E-state index contributed by atoms with van der Waals surface area (Å²) in [7, 11) is 3.88. The first kappa shape index (κ1) is 11.7. The normalized spacial score (nSPS) is 17.1. The van der Waals surface area contributed by atoms with Gasteiger partial charge in [0.15, 0.2) is 0 Å². The fourth-order valence-corrected chi connectivity index (χ4v) is 2.85. The quantitative estimate of drug-likeness (QED) is 0.791. The van der Waals surface area contributed by atoms with E-state index in [1.165, 1.54) is 11.4 Å². The number of nitrogens with zero attached hydrogens (tertiary/aromatic N) is 6. The van der Waals surface area contributed by atoms with Crippen LogP contribution < -0.4 is 10.6 Å². The highest BCUT2D eigenvalue weighted by molar-refractivity contribution is 5.46. The number of hydrogen-bond acceptors (Lipinski definition) is 6. The van der Waals surface area contributed by atoms with Gasteiger partial charge in [0, 0.05) is 51.4 Å². The van der Waals surface area contributed by atoms with Gasteiger partial charge in [-0.2, -0.15) is 10.2 Å². The Morgan fingerprint density at radius 2 is 1.25 bits per heavy atom. The molecule has 0 unspecified atom stereocenters. The second-order valence-corrected chi connectivity index (χ2v) is 5.15. The van der Waals surface area contributed by atoms with E-state index in [2.05, 4.69) is 31.1 Å². The highest BCUT2D eigenvalue weighted by Gasteiger charge is 2.22. The lowest BCUT2D eigenvalue weighted by Gasteiger charge is -1.94. The predicted octanol–water partition coefficient (Wildman–Crippen LogP) is 0.775. The van der Waals surface area contributed by atoms with E-state index >= 15 is 0 Å². The van der Waals surface area contributed by atoms with Crippen molar-refractivity contribution < 1.29 is 0 Å². The van der Waals surface area contributed by atoms with E-state index in [1.54, 1.807) is 0 Å². The van der Waals surface area contributed by atoms with Crippen LogP contribution in [0.5, 0.6) is 0 Å². The van der Waals surface area contributed by atoms with Crippen molar-refractivity contribution in [2.45, 2.75) is 26.2 Å². The van der Waals surface area contributed by atoms with E-state index in [0.29, 0.717) is 11.6 Å². The SMILES string of the molecule is Cn1nc(N=Nc2nn(C)c3c2CNC3)c2c1CNC2. The van der Waals surface area contributed by atoms with Gasteiger partial charge in [0.2, 0.25) is 11.6 Å². The van der Waals surface area contributed by atoms with E-state index in [1.807, 2.05) is 23.5 Å². The zero-order valence-electron chi connectivity index (χ0n) is 11.5. The molecule has 104 valence electrons. The molecule has 2 aliphatic heterocycles. The highest BCUT2D eigenvalue weighted by atomic mass is 15.4. The van der Waals surface area contributed by atoms with Gasteiger partial charge < -0.3 is 10.6 Å². The van der Waals surface area contributed by atoms with Gasteiger partial charge in [-0.15, -0.1) is 10.2 Å². The van der Waals surface area contributed by atoms with E-state index < -0.39 is 0 Å². The minimum Gasteiger partial charge on any atom is -0.307 e. The summed E-state index contributed by atoms with van der Waals surface area (Å²) in [5, 5.41) is 24.0. The largest absolute Gasteiger partial charge is 0.307 e. The third-order valence-electron chi connectivity index (χ3n) is 3.94. The fraction of sp³-hybridized carbons (Fsp3) is 0.500. The third-order valence-corrected chi connectivity index (χ3v) is 3.94. The predicted molar refractivity (Wildman–Crippen MR) is 71.7 cm³/mol. The van der Waals surface area contributed by atoms with E-state index in [0.717, 1.165) is 37.3 Å². The molecule has 8 nitrogen and oxygen atoms in total. The molecule has 0 aliphatic carbocycles. The van der Waals surface area contributed by atoms with E-state index in [9.17, 15) is 0 Å². The Kier molecular flexibility index (Phi) is 2.48. The average Bonchev–Trinajstić information content (AvgIpc) is 3.15. The van der Waals surface area contributed by atoms with Gasteiger partial charge in [-0.3, -0.25) is 9.36 Å². The first-order chi connectivity index (χ1) is 9.74. The molecular weight excluding hydrogens is 256 g/mol. The second kappa shape index (κ2) is 4.22. The minimum atomic E-state index is 0.692. The van der Waals surface area contributed by atoms with Gasteiger partial charge in [0.25, 0.3) is 0 Å². The van der Waals surface area contributed by atoms with Crippen LogP contribution in [0.1, 0.15) is 22.5 Å². The zero-order chi connectivity index (χ0) is 13.7. The van der Waals surface area contributed by atoms with Crippen molar-refractivity contribution in [2.75, 3.05) is 0 Å². The van der Waals surface area contributed by atoms with Crippen molar-refractivity contribution in [1.29, 1.82) is 0 Å². The van der Waals surface area contributed by atoms with Gasteiger partial charge in [-0.1, -0.05) is 0 Å². The average molecular weight is 272 g/mol. The van der Waals surface area contributed by atoms with Crippen LogP contribution in [-0.2, 0) is 40.3 Å². The Bertz CT molecular complexity index is 647. The van der Waals surface area contributed by atoms with Crippen LogP contribution in [0.2, 0.25) is 0 Å². The van der Waals surface area contributed by atoms with Crippen LogP contribution in [0, 0.1) is 0 Å². The van der Waals surface area contributed by atoms with Crippen molar-refractivity contribution in [3.05, 3.63) is 22.5 Å². The molecule has 2 aromatic heterocycles. The standard InChI is InChI=1S/C12H16N8/c1-19-9-5-13-3-7(9)11(17-19)15-16-12-8-4-14-6-10(8)20(2)18-12/h13-14H,3-6H2,1-2H3. The summed E-state index contributed by atoms with van der Waals surface area (Å²) < 4.78 is 3.74. The van der Waals surface area contributed by atoms with Crippen molar-refractivity contribution in [3.63, 3.8) is 0 Å². The number of rotatable bonds is 2. The molecule has 20 heavy (non-hydrogen) atoms. The molecule has 0 aromatic carbocycles. The molecule has 4 rings (SSSR count). The van der Waals surface area contributed by atoms with E-state index in [-0.39, 0.29) is 0 Å². The lowest BCUT2D eigenvalue weighted by Crippen LogP contribution is -2.05. The van der Waals surface area contributed by atoms with Crippen molar-refractivity contribution in [3.8, 4) is 0 Å². The monoisotopic (exact) mass is 272 g/mol. The van der Waals surface area contributed by atoms with Crippen LogP contribution in [0.15, 0.2) is 10.2 Å². The van der Waals surface area contributed by atoms with Gasteiger partial charge in [-0.25, -0.2) is 0 Å². The Morgan fingerprint density at radius 1 is 0.800 bits per heavy atom. The summed E-state index contributed by atoms with van der Waals surface area (Å²) in [4.78, 5) is 0. The summed E-state index contributed by atoms with van der Waals surface area (Å²) in [5.74, 6) is 1.38. The lowest BCUT2D eigenvalue weighted by atomic mass is 10.3. The molecule has 0 saturated carbocycles. The molecule has 0 atom stereocenters. The Balaban J connectivity index is 1.70. The van der Waals surface area contributed by atoms with Crippen LogP contribution in [0.4, 0.5) is 11.6 Å². The Morgan fingerprint density at radius 3 is 1.70 bits per heavy atom. The minimum absolute atomic E-state index is 0.692. The summed E-state index contributed by atoms with van der Waals surface area (Å²) in [6, 6.07) is 0. The molecule has 4 heterocycles. The smallest absolute Gasteiger partial charge is 0.200 e. The Hall–Kier alpha value is -2.06. The number of aryl methyl sites for hydroxylation is 2. The number of azo groups is 1. The number of hydrogen-bond donors (Lipinski definition) is 2. The molecule has 0 fully saturated rings. The van der Waals surface area contributed by atoms with Crippen LogP contribution in [0.25, 0.3) is 0 Å². The molecule has 0 amide bonds. The third kappa shape index (κ3) is 1.61. The summed E-state index contributed by atoms with van der Waals surface area (Å²) in [5.41, 5.74) is 4.66. The van der Waals surface area contributed by atoms with Crippen molar-refractivity contribution >= 4 is 11.6 Å². The summed E-state index contributed by atoms with van der Waals surface area (Å²) in [6.07, 6.45) is 0. The molecule has 2 aromatic rings. The lowest BCUT2D eigenvalue weighted by molar-refractivity contribution is 0.665. The molecule has 8 heteroatoms. The van der Waals surface area contributed by atoms with Gasteiger partial charge in [0.05, 0.1) is 11.4 Å². The van der Waals surface area contributed by atoms with Gasteiger partial charge >= 0.3 is 0 Å². The first-order valence-electron chi connectivity index (χ1n) is 6.66. The van der Waals surface area contributed by atoms with E-state index in [4.69, 9.17) is 0 Å². The molecular formula is C12H16N8. The molecule has 2 aliphatic rings. The first-order valence-corrected chi connectivity index (χ1v) is 6.66. The fourth-order valence-electron chi connectivity index (χ4n) is 2.85. The summed E-state index contributed by atoms with van der Waals surface area (Å²) >= 11 is 0. The topological polar surface area (TPSA) is 84.4 Å². The molecule has 0 saturated heterocycles. The highest BCUT2D eigenvalue weighted by Crippen LogP contribution is 2.29. The van der Waals surface area contributed by atoms with Gasteiger partial charge in [-0.05, 0) is 0 Å². The maximum absolute atomic E-state index is 4.41. The molecule has 0 spiro atoms. The number of aromatic nitrogens is 4. The van der Waals surface area contributed by atoms with Gasteiger partial charge in [0.1, 0.15) is 0 Å². The van der Waals surface area contributed by atoms with Crippen LogP contribution in [0.3, 0.4) is 0 Å². The molecule has 0 bridgehead atoms. The van der Waals surface area contributed by atoms with Crippen LogP contribution in [-0.4, -0.2) is 19.6 Å². The number of fused-ring (bicyclic) bond motifs is 2. The second-order valence-electron chi connectivity index (χ2n) is 5.15. The zero-order valence-corrected chi connectivity index (χ0v) is 11.5. The maximum atomic E-state index is 4.41. The number of nitrogens with one attached hydrogen (secondary N) is 2. The molecule has 2 N–H and O–H groups in total. The Labute approximate surface area is 115 Å². The van der Waals surface area contributed by atoms with Crippen molar-refractivity contribution in [1.82, 2.24) is 30.2 Å². The molecule has 0 radical (unpaired) electrons. The maximum Gasteiger partial charge on any atom is 0.200 e. The van der Waals surface area contributed by atoms with Crippen molar-refractivity contribution in [2.24, 2.45) is 24.3 Å². The summed E-state index contributed by atoms with van der Waals surface area (Å²) in [6.45, 7) is 3.30.